The highest BCUT2D eigenvalue weighted by molar-refractivity contribution is 5.94. The van der Waals surface area contributed by atoms with Crippen LogP contribution in [0.4, 0.5) is 4.39 Å². The van der Waals surface area contributed by atoms with Crippen LogP contribution in [0.1, 0.15) is 10.4 Å². The van der Waals surface area contributed by atoms with Gasteiger partial charge in [0.05, 0.1) is 37.1 Å². The van der Waals surface area contributed by atoms with Crippen molar-refractivity contribution >= 4 is 11.8 Å². The van der Waals surface area contributed by atoms with Crippen LogP contribution in [0, 0.1) is 5.82 Å². The number of aromatic nitrogens is 1. The van der Waals surface area contributed by atoms with Crippen molar-refractivity contribution in [1.29, 1.82) is 0 Å². The van der Waals surface area contributed by atoms with Crippen LogP contribution in [0.25, 0.3) is 0 Å². The molecule has 0 spiro atoms. The van der Waals surface area contributed by atoms with Gasteiger partial charge >= 0.3 is 0 Å². The van der Waals surface area contributed by atoms with Crippen LogP contribution in [0.15, 0.2) is 18.5 Å². The fraction of sp³-hybridized carbons (Fsp3) is 0.533. The summed E-state index contributed by atoms with van der Waals surface area (Å²) in [7, 11) is 1.59. The van der Waals surface area contributed by atoms with Crippen LogP contribution in [0.2, 0.25) is 0 Å². The number of pyridine rings is 1. The van der Waals surface area contributed by atoms with Crippen molar-refractivity contribution in [1.82, 2.24) is 20.1 Å². The van der Waals surface area contributed by atoms with E-state index in [2.05, 4.69) is 10.3 Å². The standard InChI is InChI=1S/C15H19FN4O3/c1-17-14(21)9-19-4-5-23-13-8-20(7-12(13)19)15(22)10-2-3-18-6-11(10)16/h2-3,6,12-13H,4-5,7-9H2,1H3,(H,17,21)/t12-,13+/m0/s1. The lowest BCUT2D eigenvalue weighted by molar-refractivity contribution is -0.125. The van der Waals surface area contributed by atoms with E-state index in [1.54, 1.807) is 11.9 Å². The molecule has 3 heterocycles. The fourth-order valence-corrected chi connectivity index (χ4v) is 3.10. The third-order valence-electron chi connectivity index (χ3n) is 4.33. The first kappa shape index (κ1) is 15.8. The molecule has 2 atom stereocenters. The molecule has 2 amide bonds. The van der Waals surface area contributed by atoms with Gasteiger partial charge in [-0.2, -0.15) is 0 Å². The van der Waals surface area contributed by atoms with Crippen molar-refractivity contribution in [2.24, 2.45) is 0 Å². The van der Waals surface area contributed by atoms with Crippen LogP contribution in [0.5, 0.6) is 0 Å². The summed E-state index contributed by atoms with van der Waals surface area (Å²) in [5, 5.41) is 2.60. The van der Waals surface area contributed by atoms with Crippen molar-refractivity contribution in [2.45, 2.75) is 12.1 Å². The number of halogens is 1. The third kappa shape index (κ3) is 3.18. The average Bonchev–Trinajstić information content (AvgIpc) is 3.00. The SMILES string of the molecule is CNC(=O)CN1CCO[C@@H]2CN(C(=O)c3ccncc3F)C[C@@H]21. The Hall–Kier alpha value is -2.06. The van der Waals surface area contributed by atoms with E-state index in [9.17, 15) is 14.0 Å². The fourth-order valence-electron chi connectivity index (χ4n) is 3.10. The summed E-state index contributed by atoms with van der Waals surface area (Å²) >= 11 is 0. The molecule has 8 heteroatoms. The molecule has 3 rings (SSSR count). The summed E-state index contributed by atoms with van der Waals surface area (Å²) in [5.41, 5.74) is 0.0106. The Bertz CT molecular complexity index is 612. The predicted molar refractivity (Wildman–Crippen MR) is 79.3 cm³/mol. The third-order valence-corrected chi connectivity index (χ3v) is 4.33. The molecule has 1 aromatic rings. The maximum Gasteiger partial charge on any atom is 0.257 e. The van der Waals surface area contributed by atoms with E-state index in [-0.39, 0.29) is 36.1 Å². The highest BCUT2D eigenvalue weighted by Crippen LogP contribution is 2.24. The Morgan fingerprint density at radius 1 is 1.48 bits per heavy atom. The molecule has 1 aromatic heterocycles. The van der Waals surface area contributed by atoms with Gasteiger partial charge in [-0.15, -0.1) is 0 Å². The molecule has 0 aromatic carbocycles. The molecule has 0 radical (unpaired) electrons. The molecular formula is C15H19FN4O3. The van der Waals surface area contributed by atoms with Gasteiger partial charge in [0.15, 0.2) is 5.82 Å². The van der Waals surface area contributed by atoms with Gasteiger partial charge in [-0.1, -0.05) is 0 Å². The topological polar surface area (TPSA) is 74.8 Å². The van der Waals surface area contributed by atoms with E-state index in [1.807, 2.05) is 4.90 Å². The Kier molecular flexibility index (Phi) is 4.53. The first-order valence-corrected chi connectivity index (χ1v) is 7.55. The normalized spacial score (nSPS) is 24.3. The van der Waals surface area contributed by atoms with Gasteiger partial charge in [0.1, 0.15) is 0 Å². The number of likely N-dealkylation sites (N-methyl/N-ethyl adjacent to an activating group) is 1. The number of nitrogens with zero attached hydrogens (tertiary/aromatic N) is 3. The van der Waals surface area contributed by atoms with Gasteiger partial charge in [-0.3, -0.25) is 19.5 Å². The first-order chi connectivity index (χ1) is 11.1. The summed E-state index contributed by atoms with van der Waals surface area (Å²) in [5.74, 6) is -1.08. The zero-order valence-corrected chi connectivity index (χ0v) is 12.9. The van der Waals surface area contributed by atoms with Crippen molar-refractivity contribution in [3.05, 3.63) is 29.8 Å². The maximum atomic E-state index is 13.8. The number of likely N-dealkylation sites (tertiary alicyclic amines) is 1. The highest BCUT2D eigenvalue weighted by Gasteiger charge is 2.42. The van der Waals surface area contributed by atoms with Gasteiger partial charge in [-0.25, -0.2) is 4.39 Å². The molecule has 124 valence electrons. The molecule has 2 aliphatic heterocycles. The Morgan fingerprint density at radius 3 is 3.04 bits per heavy atom. The maximum absolute atomic E-state index is 13.8. The minimum absolute atomic E-state index is 0.0106. The minimum Gasteiger partial charge on any atom is -0.373 e. The van der Waals surface area contributed by atoms with Gasteiger partial charge in [0.2, 0.25) is 5.91 Å². The second-order valence-electron chi connectivity index (χ2n) is 5.69. The Labute approximate surface area is 133 Å². The molecule has 0 aliphatic carbocycles. The average molecular weight is 322 g/mol. The molecule has 7 nitrogen and oxygen atoms in total. The Balaban J connectivity index is 1.72. The number of morpholine rings is 1. The first-order valence-electron chi connectivity index (χ1n) is 7.55. The molecule has 23 heavy (non-hydrogen) atoms. The van der Waals surface area contributed by atoms with E-state index >= 15 is 0 Å². The Morgan fingerprint density at radius 2 is 2.30 bits per heavy atom. The van der Waals surface area contributed by atoms with E-state index in [0.29, 0.717) is 26.2 Å². The summed E-state index contributed by atoms with van der Waals surface area (Å²) in [6, 6.07) is 1.33. The molecule has 0 saturated carbocycles. The van der Waals surface area contributed by atoms with Crippen molar-refractivity contribution in [3.8, 4) is 0 Å². The highest BCUT2D eigenvalue weighted by atomic mass is 19.1. The lowest BCUT2D eigenvalue weighted by Crippen LogP contribution is -2.53. The summed E-state index contributed by atoms with van der Waals surface area (Å²) in [4.78, 5) is 31.4. The number of nitrogens with one attached hydrogen (secondary N) is 1. The van der Waals surface area contributed by atoms with Gasteiger partial charge in [0, 0.05) is 32.9 Å². The molecule has 2 fully saturated rings. The van der Waals surface area contributed by atoms with Crippen LogP contribution in [0.3, 0.4) is 0 Å². The van der Waals surface area contributed by atoms with E-state index in [1.165, 1.54) is 12.3 Å². The van der Waals surface area contributed by atoms with Gasteiger partial charge in [-0.05, 0) is 6.07 Å². The predicted octanol–water partition coefficient (Wildman–Crippen LogP) is -0.508. The van der Waals surface area contributed by atoms with Gasteiger partial charge < -0.3 is 15.0 Å². The van der Waals surface area contributed by atoms with E-state index < -0.39 is 5.82 Å². The zero-order chi connectivity index (χ0) is 16.4. The zero-order valence-electron chi connectivity index (χ0n) is 12.9. The van der Waals surface area contributed by atoms with Crippen LogP contribution in [-0.2, 0) is 9.53 Å². The number of rotatable bonds is 3. The molecular weight excluding hydrogens is 303 g/mol. The lowest BCUT2D eigenvalue weighted by Gasteiger charge is -2.35. The number of amides is 2. The molecule has 2 aliphatic rings. The lowest BCUT2D eigenvalue weighted by atomic mass is 10.1. The van der Waals surface area contributed by atoms with Crippen molar-refractivity contribution in [2.75, 3.05) is 39.8 Å². The number of ether oxygens (including phenoxy) is 1. The second-order valence-corrected chi connectivity index (χ2v) is 5.69. The number of hydrogen-bond donors (Lipinski definition) is 1. The van der Waals surface area contributed by atoms with E-state index in [0.717, 1.165) is 6.20 Å². The molecule has 0 unspecified atom stereocenters. The van der Waals surface area contributed by atoms with E-state index in [4.69, 9.17) is 4.74 Å². The summed E-state index contributed by atoms with van der Waals surface area (Å²) in [6.45, 7) is 2.24. The van der Waals surface area contributed by atoms with Crippen molar-refractivity contribution in [3.63, 3.8) is 0 Å². The van der Waals surface area contributed by atoms with Gasteiger partial charge in [0.25, 0.3) is 5.91 Å². The number of carbonyl (C=O) groups excluding carboxylic acids is 2. The smallest absolute Gasteiger partial charge is 0.257 e. The molecule has 2 saturated heterocycles. The van der Waals surface area contributed by atoms with Crippen molar-refractivity contribution < 1.29 is 18.7 Å². The largest absolute Gasteiger partial charge is 0.373 e. The number of hydrogen-bond acceptors (Lipinski definition) is 5. The number of fused-ring (bicyclic) bond motifs is 1. The quantitative estimate of drug-likeness (QED) is 0.811. The van der Waals surface area contributed by atoms with Crippen LogP contribution in [-0.4, -0.2) is 78.6 Å². The second kappa shape index (κ2) is 6.59. The number of carbonyl (C=O) groups is 2. The van der Waals surface area contributed by atoms with Crippen LogP contribution < -0.4 is 5.32 Å². The summed E-state index contributed by atoms with van der Waals surface area (Å²) < 4.78 is 19.5. The summed E-state index contributed by atoms with van der Waals surface area (Å²) in [6.07, 6.45) is 2.28. The monoisotopic (exact) mass is 322 g/mol. The van der Waals surface area contributed by atoms with Crippen LogP contribution >= 0.6 is 0 Å². The molecule has 0 bridgehead atoms. The minimum atomic E-state index is -0.629. The molecule has 1 N–H and O–H groups in total.